The normalized spacial score (nSPS) is 18.4. The average Bonchev–Trinajstić information content (AvgIpc) is 2.76. The van der Waals surface area contributed by atoms with E-state index in [1.54, 1.807) is 11.3 Å². The molecule has 0 radical (unpaired) electrons. The summed E-state index contributed by atoms with van der Waals surface area (Å²) in [5.41, 5.74) is -0.652. The van der Waals surface area contributed by atoms with Crippen molar-refractivity contribution in [3.05, 3.63) is 21.3 Å². The number of ether oxygens (including phenoxy) is 1. The Morgan fingerprint density at radius 3 is 2.59 bits per heavy atom. The first-order valence-electron chi connectivity index (χ1n) is 7.69. The molecule has 1 heterocycles. The summed E-state index contributed by atoms with van der Waals surface area (Å²) in [7, 11) is 0. The van der Waals surface area contributed by atoms with Crippen molar-refractivity contribution in [1.82, 2.24) is 10.6 Å². The summed E-state index contributed by atoms with van der Waals surface area (Å²) >= 11 is 7.57. The summed E-state index contributed by atoms with van der Waals surface area (Å²) in [6.45, 7) is 8.48. The lowest BCUT2D eigenvalue weighted by Crippen LogP contribution is -2.60. The molecule has 0 saturated heterocycles. The molecule has 124 valence electrons. The molecular formula is C16H25ClN2O2S. The van der Waals surface area contributed by atoms with Crippen molar-refractivity contribution in [2.75, 3.05) is 6.54 Å². The fourth-order valence-electron chi connectivity index (χ4n) is 2.48. The second kappa shape index (κ2) is 6.77. The molecule has 1 unspecified atom stereocenters. The van der Waals surface area contributed by atoms with Gasteiger partial charge in [-0.1, -0.05) is 11.6 Å². The molecular weight excluding hydrogens is 320 g/mol. The molecule has 4 nitrogen and oxygen atoms in total. The molecule has 2 rings (SSSR count). The number of rotatable bonds is 5. The zero-order valence-electron chi connectivity index (χ0n) is 13.7. The fraction of sp³-hybridized carbons (Fsp3) is 0.688. The van der Waals surface area contributed by atoms with Gasteiger partial charge in [0.25, 0.3) is 0 Å². The second-order valence-corrected chi connectivity index (χ2v) is 8.75. The van der Waals surface area contributed by atoms with Gasteiger partial charge in [0.1, 0.15) is 5.60 Å². The van der Waals surface area contributed by atoms with Crippen LogP contribution in [0.2, 0.25) is 4.34 Å². The highest BCUT2D eigenvalue weighted by Crippen LogP contribution is 2.33. The van der Waals surface area contributed by atoms with Crippen LogP contribution in [0.25, 0.3) is 0 Å². The van der Waals surface area contributed by atoms with Crippen molar-refractivity contribution in [1.29, 1.82) is 0 Å². The van der Waals surface area contributed by atoms with Crippen molar-refractivity contribution >= 4 is 29.0 Å². The largest absolute Gasteiger partial charge is 0.444 e. The molecule has 6 heteroatoms. The Balaban J connectivity index is 1.87. The predicted octanol–water partition coefficient (Wildman–Crippen LogP) is 4.50. The highest BCUT2D eigenvalue weighted by molar-refractivity contribution is 7.16. The molecule has 1 atom stereocenters. The van der Waals surface area contributed by atoms with Gasteiger partial charge in [0.15, 0.2) is 0 Å². The summed E-state index contributed by atoms with van der Waals surface area (Å²) < 4.78 is 6.17. The van der Waals surface area contributed by atoms with E-state index < -0.39 is 5.60 Å². The smallest absolute Gasteiger partial charge is 0.408 e. The van der Waals surface area contributed by atoms with Gasteiger partial charge in [-0.3, -0.25) is 0 Å². The Labute approximate surface area is 141 Å². The van der Waals surface area contributed by atoms with Crippen LogP contribution in [-0.2, 0) is 4.74 Å². The molecule has 0 aliphatic heterocycles. The van der Waals surface area contributed by atoms with Gasteiger partial charge in [0.05, 0.1) is 9.88 Å². The Morgan fingerprint density at radius 2 is 2.14 bits per heavy atom. The molecule has 1 aliphatic rings. The van der Waals surface area contributed by atoms with E-state index >= 15 is 0 Å². The highest BCUT2D eigenvalue weighted by Gasteiger charge is 2.39. The Kier molecular flexibility index (Phi) is 5.41. The summed E-state index contributed by atoms with van der Waals surface area (Å²) in [6.07, 6.45) is 2.77. The zero-order valence-corrected chi connectivity index (χ0v) is 15.2. The van der Waals surface area contributed by atoms with E-state index in [2.05, 4.69) is 17.6 Å². The Bertz CT molecular complexity index is 520. The van der Waals surface area contributed by atoms with E-state index in [-0.39, 0.29) is 17.7 Å². The summed E-state index contributed by atoms with van der Waals surface area (Å²) in [5.74, 6) is 0. The Morgan fingerprint density at radius 1 is 1.45 bits per heavy atom. The quantitative estimate of drug-likeness (QED) is 0.826. The minimum Gasteiger partial charge on any atom is -0.444 e. The van der Waals surface area contributed by atoms with Crippen LogP contribution < -0.4 is 10.6 Å². The first-order chi connectivity index (χ1) is 10.2. The third-order valence-corrected chi connectivity index (χ3v) is 5.26. The minimum absolute atomic E-state index is 0.183. The van der Waals surface area contributed by atoms with Gasteiger partial charge in [-0.25, -0.2) is 4.79 Å². The first kappa shape index (κ1) is 17.6. The van der Waals surface area contributed by atoms with E-state index in [1.807, 2.05) is 32.9 Å². The zero-order chi connectivity index (χ0) is 16.4. The van der Waals surface area contributed by atoms with Crippen LogP contribution in [0, 0.1) is 0 Å². The SMILES string of the molecule is CC(NCC1(NC(=O)OC(C)(C)C)CCC1)c1ccc(Cl)s1. The van der Waals surface area contributed by atoms with E-state index in [0.29, 0.717) is 0 Å². The van der Waals surface area contributed by atoms with Crippen molar-refractivity contribution in [2.24, 2.45) is 0 Å². The Hall–Kier alpha value is -0.780. The van der Waals surface area contributed by atoms with Crippen LogP contribution in [0.15, 0.2) is 12.1 Å². The number of carbonyl (C=O) groups excluding carboxylic acids is 1. The number of alkyl carbamates (subject to hydrolysis) is 1. The third kappa shape index (κ3) is 4.86. The van der Waals surface area contributed by atoms with E-state index in [9.17, 15) is 4.79 Å². The maximum atomic E-state index is 12.0. The number of amides is 1. The number of hydrogen-bond acceptors (Lipinski definition) is 4. The molecule has 2 N–H and O–H groups in total. The van der Waals surface area contributed by atoms with Crippen LogP contribution in [0.5, 0.6) is 0 Å². The van der Waals surface area contributed by atoms with Crippen LogP contribution in [0.4, 0.5) is 4.79 Å². The highest BCUT2D eigenvalue weighted by atomic mass is 35.5. The monoisotopic (exact) mass is 344 g/mol. The number of halogens is 1. The molecule has 22 heavy (non-hydrogen) atoms. The molecule has 0 spiro atoms. The average molecular weight is 345 g/mol. The second-order valence-electron chi connectivity index (χ2n) is 7.01. The molecule has 0 bridgehead atoms. The topological polar surface area (TPSA) is 50.4 Å². The maximum Gasteiger partial charge on any atom is 0.408 e. The van der Waals surface area contributed by atoms with Crippen molar-refractivity contribution in [3.8, 4) is 0 Å². The molecule has 1 fully saturated rings. The van der Waals surface area contributed by atoms with Gasteiger partial charge >= 0.3 is 6.09 Å². The van der Waals surface area contributed by atoms with Gasteiger partial charge in [-0.05, 0) is 59.1 Å². The number of carbonyl (C=O) groups is 1. The summed E-state index contributed by atoms with van der Waals surface area (Å²) in [5, 5.41) is 6.56. The molecule has 1 saturated carbocycles. The maximum absolute atomic E-state index is 12.0. The minimum atomic E-state index is -0.469. The van der Waals surface area contributed by atoms with E-state index in [1.165, 1.54) is 4.88 Å². The lowest BCUT2D eigenvalue weighted by Gasteiger charge is -2.43. The number of thiophene rings is 1. The van der Waals surface area contributed by atoms with Crippen LogP contribution in [-0.4, -0.2) is 23.8 Å². The van der Waals surface area contributed by atoms with Gasteiger partial charge in [0.2, 0.25) is 0 Å². The molecule has 0 aromatic carbocycles. The van der Waals surface area contributed by atoms with Crippen LogP contribution in [0.3, 0.4) is 0 Å². The summed E-state index contributed by atoms with van der Waals surface area (Å²) in [6, 6.07) is 4.17. The van der Waals surface area contributed by atoms with Gasteiger partial charge < -0.3 is 15.4 Å². The standard InChI is InChI=1S/C16H25ClN2O2S/c1-11(12-6-7-13(17)22-12)18-10-16(8-5-9-16)19-14(20)21-15(2,3)4/h6-7,11,18H,5,8-10H2,1-4H3,(H,19,20). The number of nitrogens with one attached hydrogen (secondary N) is 2. The lowest BCUT2D eigenvalue weighted by atomic mass is 9.76. The molecule has 1 amide bonds. The lowest BCUT2D eigenvalue weighted by molar-refractivity contribution is 0.0379. The van der Waals surface area contributed by atoms with Gasteiger partial charge in [0, 0.05) is 17.5 Å². The van der Waals surface area contributed by atoms with Gasteiger partial charge in [-0.2, -0.15) is 0 Å². The molecule has 1 aromatic rings. The van der Waals surface area contributed by atoms with Gasteiger partial charge in [-0.15, -0.1) is 11.3 Å². The molecule has 1 aliphatic carbocycles. The van der Waals surface area contributed by atoms with E-state index in [4.69, 9.17) is 16.3 Å². The van der Waals surface area contributed by atoms with Crippen molar-refractivity contribution < 1.29 is 9.53 Å². The summed E-state index contributed by atoms with van der Waals surface area (Å²) in [4.78, 5) is 13.2. The van der Waals surface area contributed by atoms with Crippen molar-refractivity contribution in [3.63, 3.8) is 0 Å². The first-order valence-corrected chi connectivity index (χ1v) is 8.88. The third-order valence-electron chi connectivity index (χ3n) is 3.84. The number of hydrogen-bond donors (Lipinski definition) is 2. The van der Waals surface area contributed by atoms with Crippen LogP contribution in [0.1, 0.15) is 57.9 Å². The predicted molar refractivity (Wildman–Crippen MR) is 91.7 cm³/mol. The molecule has 1 aromatic heterocycles. The van der Waals surface area contributed by atoms with Crippen molar-refractivity contribution in [2.45, 2.75) is 64.1 Å². The van der Waals surface area contributed by atoms with Crippen LogP contribution >= 0.6 is 22.9 Å². The van der Waals surface area contributed by atoms with E-state index in [0.717, 1.165) is 30.1 Å². The fourth-order valence-corrected chi connectivity index (χ4v) is 3.57.